The van der Waals surface area contributed by atoms with Crippen molar-refractivity contribution in [3.8, 4) is 0 Å². The molecule has 2 rings (SSSR count). The lowest BCUT2D eigenvalue weighted by atomic mass is 10.0. The van der Waals surface area contributed by atoms with E-state index < -0.39 is 17.7 Å². The van der Waals surface area contributed by atoms with Crippen molar-refractivity contribution in [2.75, 3.05) is 13.6 Å². The van der Waals surface area contributed by atoms with E-state index in [0.717, 1.165) is 22.4 Å². The van der Waals surface area contributed by atoms with Crippen LogP contribution in [0.3, 0.4) is 0 Å². The van der Waals surface area contributed by atoms with Gasteiger partial charge in [-0.25, -0.2) is 20.2 Å². The van der Waals surface area contributed by atoms with Gasteiger partial charge in [0.1, 0.15) is 17.5 Å². The summed E-state index contributed by atoms with van der Waals surface area (Å²) in [6.07, 6.45) is 3.06. The summed E-state index contributed by atoms with van der Waals surface area (Å²) in [5, 5.41) is 1.26. The summed E-state index contributed by atoms with van der Waals surface area (Å²) in [5.74, 6) is 0.781. The molecule has 2 heterocycles. The van der Waals surface area contributed by atoms with Crippen LogP contribution in [0.4, 0.5) is 4.79 Å². The smallest absolute Gasteiger partial charge is 0.424 e. The van der Waals surface area contributed by atoms with E-state index in [1.54, 1.807) is 13.2 Å². The molecule has 0 bridgehead atoms. The van der Waals surface area contributed by atoms with Gasteiger partial charge in [0.15, 0.2) is 0 Å². The first-order valence-corrected chi connectivity index (χ1v) is 10.3. The molecule has 1 fully saturated rings. The number of ether oxygens (including phenoxy) is 1. The molecular weight excluding hydrogens is 461 g/mol. The number of hydrogen-bond acceptors (Lipinski definition) is 5. The van der Waals surface area contributed by atoms with Crippen LogP contribution in [0.5, 0.6) is 0 Å². The molecule has 0 aromatic carbocycles. The summed E-state index contributed by atoms with van der Waals surface area (Å²) in [5.41, 5.74) is 2.43. The number of carbonyl (C=O) groups is 2. The average Bonchev–Trinajstić information content (AvgIpc) is 3.18. The van der Waals surface area contributed by atoms with Crippen LogP contribution in [-0.2, 0) is 9.53 Å². The minimum Gasteiger partial charge on any atom is -0.443 e. The second-order valence-corrected chi connectivity index (χ2v) is 9.36. The standard InChI is InChI=1S/C18H30IN5O3/c1-11(2)14(22-23(6)17(26)27-18(3,4)5)16(25)24-9-7-8-12(24)15-20-10-13(19)21-15/h10-12,14,22H,7-9H2,1-6H3,(H,20,21)/t12-,14-/m0/s1. The molecule has 1 aliphatic rings. The molecule has 9 heteroatoms. The Balaban J connectivity index is 2.11. The fraction of sp³-hybridized carbons (Fsp3) is 0.722. The normalized spacial score (nSPS) is 18.7. The summed E-state index contributed by atoms with van der Waals surface area (Å²) >= 11 is 2.18. The second-order valence-electron chi connectivity index (χ2n) is 8.20. The number of aromatic nitrogens is 2. The lowest BCUT2D eigenvalue weighted by Gasteiger charge is -2.33. The number of H-pyrrole nitrogens is 1. The van der Waals surface area contributed by atoms with Crippen molar-refractivity contribution in [1.82, 2.24) is 25.3 Å². The highest BCUT2D eigenvalue weighted by atomic mass is 127. The third-order valence-electron chi connectivity index (χ3n) is 4.35. The van der Waals surface area contributed by atoms with Crippen LogP contribution in [0.1, 0.15) is 59.3 Å². The number of rotatable bonds is 5. The molecule has 1 aromatic heterocycles. The van der Waals surface area contributed by atoms with Gasteiger partial charge in [0.2, 0.25) is 5.91 Å². The number of halogens is 1. The first-order valence-electron chi connectivity index (χ1n) is 9.23. The first-order chi connectivity index (χ1) is 12.5. The summed E-state index contributed by atoms with van der Waals surface area (Å²) in [6.45, 7) is 10.0. The van der Waals surface area contributed by atoms with E-state index in [-0.39, 0.29) is 17.9 Å². The predicted molar refractivity (Wildman–Crippen MR) is 111 cm³/mol. The van der Waals surface area contributed by atoms with Crippen LogP contribution in [0.2, 0.25) is 0 Å². The summed E-state index contributed by atoms with van der Waals surface area (Å²) in [7, 11) is 1.58. The Hall–Kier alpha value is -1.36. The number of carbonyl (C=O) groups excluding carboxylic acids is 2. The zero-order valence-corrected chi connectivity index (χ0v) is 19.0. The molecule has 2 N–H and O–H groups in total. The maximum atomic E-state index is 13.3. The molecule has 0 unspecified atom stereocenters. The van der Waals surface area contributed by atoms with Crippen molar-refractivity contribution >= 4 is 34.6 Å². The van der Waals surface area contributed by atoms with Crippen LogP contribution in [-0.4, -0.2) is 57.1 Å². The lowest BCUT2D eigenvalue weighted by molar-refractivity contribution is -0.137. The van der Waals surface area contributed by atoms with E-state index in [4.69, 9.17) is 4.74 Å². The Morgan fingerprint density at radius 2 is 2.11 bits per heavy atom. The number of imidazole rings is 1. The average molecular weight is 491 g/mol. The predicted octanol–water partition coefficient (Wildman–Crippen LogP) is 3.07. The van der Waals surface area contributed by atoms with E-state index in [1.165, 1.54) is 5.01 Å². The van der Waals surface area contributed by atoms with Crippen molar-refractivity contribution in [2.24, 2.45) is 5.92 Å². The first kappa shape index (κ1) is 21.9. The third-order valence-corrected chi connectivity index (χ3v) is 4.90. The molecule has 0 aliphatic carbocycles. The zero-order valence-electron chi connectivity index (χ0n) is 16.9. The van der Waals surface area contributed by atoms with Crippen molar-refractivity contribution in [1.29, 1.82) is 0 Å². The Morgan fingerprint density at radius 1 is 1.44 bits per heavy atom. The third kappa shape index (κ3) is 5.81. The lowest BCUT2D eigenvalue weighted by Crippen LogP contribution is -2.56. The van der Waals surface area contributed by atoms with Crippen molar-refractivity contribution < 1.29 is 14.3 Å². The Morgan fingerprint density at radius 3 is 2.63 bits per heavy atom. The quantitative estimate of drug-likeness (QED) is 0.488. The number of nitrogens with one attached hydrogen (secondary N) is 2. The highest BCUT2D eigenvalue weighted by Gasteiger charge is 2.37. The van der Waals surface area contributed by atoms with Gasteiger partial charge in [-0.1, -0.05) is 13.8 Å². The minimum atomic E-state index is -0.596. The van der Waals surface area contributed by atoms with Crippen LogP contribution >= 0.6 is 22.6 Å². The topological polar surface area (TPSA) is 90.6 Å². The number of aromatic amines is 1. The molecule has 27 heavy (non-hydrogen) atoms. The van der Waals surface area contributed by atoms with Gasteiger partial charge in [-0.3, -0.25) is 4.79 Å². The van der Waals surface area contributed by atoms with Crippen LogP contribution < -0.4 is 5.43 Å². The second kappa shape index (κ2) is 8.76. The highest BCUT2D eigenvalue weighted by Crippen LogP contribution is 2.31. The van der Waals surface area contributed by atoms with E-state index in [9.17, 15) is 9.59 Å². The Bertz CT molecular complexity index is 670. The summed E-state index contributed by atoms with van der Waals surface area (Å²) < 4.78 is 6.31. The molecule has 152 valence electrons. The van der Waals surface area contributed by atoms with Gasteiger partial charge in [-0.2, -0.15) is 0 Å². The number of hydrogen-bond donors (Lipinski definition) is 2. The van der Waals surface area contributed by atoms with Gasteiger partial charge in [0.05, 0.1) is 15.9 Å². The maximum absolute atomic E-state index is 13.3. The fourth-order valence-electron chi connectivity index (χ4n) is 3.06. The van der Waals surface area contributed by atoms with Crippen LogP contribution in [0, 0.1) is 9.62 Å². The van der Waals surface area contributed by atoms with Gasteiger partial charge in [0.25, 0.3) is 0 Å². The van der Waals surface area contributed by atoms with Gasteiger partial charge < -0.3 is 14.6 Å². The van der Waals surface area contributed by atoms with E-state index in [2.05, 4.69) is 38.0 Å². The molecule has 2 amide bonds. The molecule has 1 aromatic rings. The van der Waals surface area contributed by atoms with Gasteiger partial charge in [0, 0.05) is 13.6 Å². The van der Waals surface area contributed by atoms with E-state index in [0.29, 0.717) is 6.54 Å². The molecule has 0 radical (unpaired) electrons. The molecule has 1 saturated heterocycles. The maximum Gasteiger partial charge on any atom is 0.424 e. The highest BCUT2D eigenvalue weighted by molar-refractivity contribution is 14.1. The summed E-state index contributed by atoms with van der Waals surface area (Å²) in [6, 6.07) is -0.590. The monoisotopic (exact) mass is 491 g/mol. The van der Waals surface area contributed by atoms with Crippen molar-refractivity contribution in [2.45, 2.75) is 65.1 Å². The Labute approximate surface area is 174 Å². The van der Waals surface area contributed by atoms with Gasteiger partial charge in [-0.05, 0) is 62.1 Å². The number of hydrazine groups is 1. The van der Waals surface area contributed by atoms with Gasteiger partial charge >= 0.3 is 6.09 Å². The van der Waals surface area contributed by atoms with Gasteiger partial charge in [-0.15, -0.1) is 0 Å². The van der Waals surface area contributed by atoms with Crippen LogP contribution in [0.15, 0.2) is 6.20 Å². The molecule has 1 aliphatic heterocycles. The molecule has 0 spiro atoms. The summed E-state index contributed by atoms with van der Waals surface area (Å²) in [4.78, 5) is 35.0. The largest absolute Gasteiger partial charge is 0.443 e. The molecule has 8 nitrogen and oxygen atoms in total. The molecule has 2 atom stereocenters. The molecule has 0 saturated carbocycles. The number of amides is 2. The van der Waals surface area contributed by atoms with Crippen molar-refractivity contribution in [3.63, 3.8) is 0 Å². The fourth-order valence-corrected chi connectivity index (χ4v) is 3.47. The number of likely N-dealkylation sites (tertiary alicyclic amines) is 1. The minimum absolute atomic E-state index is 0.000346. The SMILES string of the molecule is CC(C)[C@H](NN(C)C(=O)OC(C)(C)C)C(=O)N1CCC[C@H]1c1ncc(I)[nH]1. The number of nitrogens with zero attached hydrogens (tertiary/aromatic N) is 3. The van der Waals surface area contributed by atoms with Crippen molar-refractivity contribution in [3.05, 3.63) is 15.7 Å². The molecular formula is C18H30IN5O3. The van der Waals surface area contributed by atoms with E-state index >= 15 is 0 Å². The van der Waals surface area contributed by atoms with Crippen LogP contribution in [0.25, 0.3) is 0 Å². The zero-order chi connectivity index (χ0) is 20.4. The van der Waals surface area contributed by atoms with E-state index in [1.807, 2.05) is 39.5 Å². The Kier molecular flexibility index (Phi) is 7.12.